The van der Waals surface area contributed by atoms with Crippen LogP contribution in [0.4, 0.5) is 5.69 Å². The summed E-state index contributed by atoms with van der Waals surface area (Å²) in [5.41, 5.74) is 3.11. The zero-order valence-corrected chi connectivity index (χ0v) is 20.0. The number of anilines is 1. The molecule has 2 N–H and O–H groups in total. The Hall–Kier alpha value is -2.09. The van der Waals surface area contributed by atoms with E-state index in [2.05, 4.69) is 14.9 Å². The summed E-state index contributed by atoms with van der Waals surface area (Å²) in [7, 11) is -3.68. The maximum Gasteiger partial charge on any atom is 0.220 e. The predicted octanol–water partition coefficient (Wildman–Crippen LogP) is 5.08. The van der Waals surface area contributed by atoms with Gasteiger partial charge in [0.05, 0.1) is 5.25 Å². The van der Waals surface area contributed by atoms with Gasteiger partial charge in [-0.25, -0.2) is 8.42 Å². The van der Waals surface area contributed by atoms with Gasteiger partial charge in [0.1, 0.15) is 6.17 Å². The van der Waals surface area contributed by atoms with E-state index in [0.29, 0.717) is 34.3 Å². The van der Waals surface area contributed by atoms with Gasteiger partial charge < -0.3 is 10.2 Å². The fourth-order valence-electron chi connectivity index (χ4n) is 3.89. The largest absolute Gasteiger partial charge is 0.353 e. The highest BCUT2D eigenvalue weighted by molar-refractivity contribution is 7.89. The molecular weight excluding hydrogens is 465 g/mol. The van der Waals surface area contributed by atoms with Gasteiger partial charge in [-0.2, -0.15) is 4.72 Å². The zero-order valence-electron chi connectivity index (χ0n) is 17.6. The maximum absolute atomic E-state index is 13.4. The van der Waals surface area contributed by atoms with E-state index in [1.54, 1.807) is 25.1 Å². The number of hydrogen-bond donors (Lipinski definition) is 2. The molecule has 32 heavy (non-hydrogen) atoms. The molecule has 2 unspecified atom stereocenters. The molecule has 3 aromatic rings. The summed E-state index contributed by atoms with van der Waals surface area (Å²) >= 11 is 12.8. The number of nitrogens with one attached hydrogen (secondary N) is 2. The Bertz CT molecular complexity index is 1190. The lowest BCUT2D eigenvalue weighted by molar-refractivity contribution is 0.449. The van der Waals surface area contributed by atoms with Crippen LogP contribution in [0.25, 0.3) is 11.1 Å². The molecule has 8 heteroatoms. The van der Waals surface area contributed by atoms with Crippen LogP contribution in [0.15, 0.2) is 72.8 Å². The van der Waals surface area contributed by atoms with Crippen molar-refractivity contribution in [1.29, 1.82) is 0 Å². The zero-order chi connectivity index (χ0) is 22.7. The topological polar surface area (TPSA) is 61.4 Å². The minimum absolute atomic E-state index is 0.381. The van der Waals surface area contributed by atoms with Crippen molar-refractivity contribution in [3.63, 3.8) is 0 Å². The molecule has 1 saturated heterocycles. The molecule has 0 spiro atoms. The number of piperazine rings is 1. The number of rotatable bonds is 6. The van der Waals surface area contributed by atoms with Gasteiger partial charge in [0, 0.05) is 46.5 Å². The van der Waals surface area contributed by atoms with Crippen molar-refractivity contribution in [2.24, 2.45) is 0 Å². The molecule has 0 radical (unpaired) electrons. The molecule has 5 nitrogen and oxygen atoms in total. The van der Waals surface area contributed by atoms with Crippen LogP contribution in [0.2, 0.25) is 10.0 Å². The van der Waals surface area contributed by atoms with E-state index in [1.807, 2.05) is 54.6 Å². The van der Waals surface area contributed by atoms with Crippen molar-refractivity contribution in [2.75, 3.05) is 24.5 Å². The van der Waals surface area contributed by atoms with Gasteiger partial charge in [0.15, 0.2) is 0 Å². The van der Waals surface area contributed by atoms with Crippen LogP contribution in [0.3, 0.4) is 0 Å². The van der Waals surface area contributed by atoms with Crippen molar-refractivity contribution in [1.82, 2.24) is 10.0 Å². The monoisotopic (exact) mass is 489 g/mol. The first kappa shape index (κ1) is 23.1. The number of benzene rings is 3. The average Bonchev–Trinajstić information content (AvgIpc) is 2.80. The number of hydrogen-bond acceptors (Lipinski definition) is 4. The summed E-state index contributed by atoms with van der Waals surface area (Å²) in [6.07, 6.45) is -0.381. The number of nitrogens with zero attached hydrogens (tertiary/aromatic N) is 1. The third kappa shape index (κ3) is 4.95. The first-order valence-corrected chi connectivity index (χ1v) is 12.7. The lowest BCUT2D eigenvalue weighted by Gasteiger charge is -2.38. The fourth-order valence-corrected chi connectivity index (χ4v) is 5.65. The Morgan fingerprint density at radius 2 is 1.66 bits per heavy atom. The van der Waals surface area contributed by atoms with E-state index >= 15 is 0 Å². The molecular formula is C24H25Cl2N3O2S. The normalized spacial score (nSPS) is 17.8. The first-order chi connectivity index (χ1) is 15.4. The van der Waals surface area contributed by atoms with Crippen molar-refractivity contribution in [3.8, 4) is 11.1 Å². The Morgan fingerprint density at radius 3 is 2.41 bits per heavy atom. The molecule has 3 aromatic carbocycles. The summed E-state index contributed by atoms with van der Waals surface area (Å²) in [6, 6.07) is 22.5. The molecule has 0 bridgehead atoms. The molecule has 2 atom stereocenters. The molecule has 1 heterocycles. The Labute approximate surface area is 199 Å². The van der Waals surface area contributed by atoms with Gasteiger partial charge in [-0.3, -0.25) is 0 Å². The Morgan fingerprint density at radius 1 is 0.969 bits per heavy atom. The van der Waals surface area contributed by atoms with Gasteiger partial charge in [0.2, 0.25) is 10.0 Å². The van der Waals surface area contributed by atoms with Gasteiger partial charge in [-0.05, 0) is 42.8 Å². The second-order valence-corrected chi connectivity index (χ2v) is 10.6. The standard InChI is InChI=1S/C24H25Cl2N3O2S/c1-17(18-11-12-23(26)21(15-18)20-9-5-6-10-22(20)25)32(30,31)28-24-16-27-13-14-29(24)19-7-3-2-4-8-19/h2-12,15,17,24,27-28H,13-14,16H2,1H3. The average molecular weight is 490 g/mol. The van der Waals surface area contributed by atoms with Crippen LogP contribution in [0.1, 0.15) is 17.7 Å². The van der Waals surface area contributed by atoms with E-state index in [-0.39, 0.29) is 6.17 Å². The molecule has 0 aromatic heterocycles. The van der Waals surface area contributed by atoms with Crippen LogP contribution in [0, 0.1) is 0 Å². The van der Waals surface area contributed by atoms with E-state index in [0.717, 1.165) is 17.8 Å². The summed E-state index contributed by atoms with van der Waals surface area (Å²) in [5, 5.41) is 3.58. The molecule has 168 valence electrons. The summed E-state index contributed by atoms with van der Waals surface area (Å²) in [6.45, 7) is 3.71. The highest BCUT2D eigenvalue weighted by Crippen LogP contribution is 2.36. The molecule has 0 amide bonds. The molecule has 0 saturated carbocycles. The van der Waals surface area contributed by atoms with Crippen LogP contribution in [0.5, 0.6) is 0 Å². The molecule has 4 rings (SSSR count). The number of halogens is 2. The van der Waals surface area contributed by atoms with E-state index in [9.17, 15) is 8.42 Å². The second kappa shape index (κ2) is 9.81. The van der Waals surface area contributed by atoms with E-state index in [4.69, 9.17) is 23.2 Å². The van der Waals surface area contributed by atoms with Gasteiger partial charge in [-0.1, -0.05) is 65.7 Å². The van der Waals surface area contributed by atoms with Crippen LogP contribution in [-0.4, -0.2) is 34.2 Å². The van der Waals surface area contributed by atoms with Gasteiger partial charge in [0.25, 0.3) is 0 Å². The smallest absolute Gasteiger partial charge is 0.220 e. The Balaban J connectivity index is 1.60. The highest BCUT2D eigenvalue weighted by Gasteiger charge is 2.31. The van der Waals surface area contributed by atoms with Crippen molar-refractivity contribution in [3.05, 3.63) is 88.4 Å². The SMILES string of the molecule is CC(c1ccc(Cl)c(-c2ccccc2Cl)c1)S(=O)(=O)NC1CNCCN1c1ccccc1. The molecule has 1 aliphatic heterocycles. The quantitative estimate of drug-likeness (QED) is 0.506. The van der Waals surface area contributed by atoms with Crippen molar-refractivity contribution < 1.29 is 8.42 Å². The predicted molar refractivity (Wildman–Crippen MR) is 133 cm³/mol. The fraction of sp³-hybridized carbons (Fsp3) is 0.250. The van der Waals surface area contributed by atoms with Gasteiger partial charge >= 0.3 is 0 Å². The maximum atomic E-state index is 13.4. The van der Waals surface area contributed by atoms with Crippen LogP contribution in [-0.2, 0) is 10.0 Å². The van der Waals surface area contributed by atoms with Gasteiger partial charge in [-0.15, -0.1) is 0 Å². The van der Waals surface area contributed by atoms with E-state index < -0.39 is 15.3 Å². The lowest BCUT2D eigenvalue weighted by Crippen LogP contribution is -2.59. The van der Waals surface area contributed by atoms with Crippen molar-refractivity contribution in [2.45, 2.75) is 18.3 Å². The lowest BCUT2D eigenvalue weighted by atomic mass is 10.0. The van der Waals surface area contributed by atoms with Crippen LogP contribution < -0.4 is 14.9 Å². The minimum atomic E-state index is -3.68. The third-order valence-electron chi connectivity index (χ3n) is 5.72. The number of para-hydroxylation sites is 1. The third-order valence-corrected chi connectivity index (χ3v) is 8.18. The van der Waals surface area contributed by atoms with E-state index in [1.165, 1.54) is 0 Å². The Kier molecular flexibility index (Phi) is 7.08. The van der Waals surface area contributed by atoms with Crippen LogP contribution >= 0.6 is 23.2 Å². The minimum Gasteiger partial charge on any atom is -0.353 e. The first-order valence-electron chi connectivity index (χ1n) is 10.4. The molecule has 1 aliphatic rings. The molecule has 1 fully saturated rings. The highest BCUT2D eigenvalue weighted by atomic mass is 35.5. The summed E-state index contributed by atoms with van der Waals surface area (Å²) in [4.78, 5) is 2.08. The summed E-state index contributed by atoms with van der Waals surface area (Å²) in [5.74, 6) is 0. The number of sulfonamides is 1. The summed E-state index contributed by atoms with van der Waals surface area (Å²) < 4.78 is 29.6. The molecule has 0 aliphatic carbocycles. The van der Waals surface area contributed by atoms with Crippen molar-refractivity contribution >= 4 is 38.9 Å². The second-order valence-electron chi connectivity index (χ2n) is 7.77.